The van der Waals surface area contributed by atoms with E-state index in [1.807, 2.05) is 36.4 Å². The topological polar surface area (TPSA) is 52.4 Å². The summed E-state index contributed by atoms with van der Waals surface area (Å²) in [5.41, 5.74) is 2.27. The second-order valence-electron chi connectivity index (χ2n) is 6.33. The van der Waals surface area contributed by atoms with E-state index in [1.54, 1.807) is 14.2 Å². The maximum absolute atomic E-state index is 10.3. The molecule has 0 amide bonds. The fourth-order valence-corrected chi connectivity index (χ4v) is 2.90. The van der Waals surface area contributed by atoms with E-state index in [2.05, 4.69) is 19.1 Å². The van der Waals surface area contributed by atoms with Crippen LogP contribution in [0.1, 0.15) is 18.1 Å². The van der Waals surface area contributed by atoms with E-state index in [1.165, 1.54) is 10.5 Å². The number of hydrogen-bond acceptors (Lipinski definition) is 4. The van der Waals surface area contributed by atoms with Gasteiger partial charge in [-0.3, -0.25) is 0 Å². The van der Waals surface area contributed by atoms with Crippen LogP contribution in [0.3, 0.4) is 0 Å². The van der Waals surface area contributed by atoms with Crippen molar-refractivity contribution in [2.24, 2.45) is 0 Å². The lowest BCUT2D eigenvalue weighted by Crippen LogP contribution is -3.11. The first-order valence-corrected chi connectivity index (χ1v) is 9.00. The van der Waals surface area contributed by atoms with Crippen LogP contribution in [0.2, 0.25) is 0 Å². The number of benzene rings is 2. The van der Waals surface area contributed by atoms with Crippen LogP contribution in [-0.4, -0.2) is 45.1 Å². The molecule has 2 atom stereocenters. The van der Waals surface area contributed by atoms with Gasteiger partial charge in [-0.1, -0.05) is 36.4 Å². The smallest absolute Gasteiger partial charge is 0.161 e. The van der Waals surface area contributed by atoms with Crippen molar-refractivity contribution in [3.05, 3.63) is 59.7 Å². The summed E-state index contributed by atoms with van der Waals surface area (Å²) >= 11 is 0. The maximum atomic E-state index is 10.3. The van der Waals surface area contributed by atoms with E-state index in [0.717, 1.165) is 18.7 Å². The molecule has 2 rings (SSSR count). The lowest BCUT2D eigenvalue weighted by Gasteiger charge is -2.21. The zero-order valence-electron chi connectivity index (χ0n) is 15.9. The molecule has 0 aliphatic rings. The summed E-state index contributed by atoms with van der Waals surface area (Å²) in [6, 6.07) is 16.0. The van der Waals surface area contributed by atoms with Crippen molar-refractivity contribution in [2.75, 3.05) is 33.9 Å². The van der Waals surface area contributed by atoms with E-state index >= 15 is 0 Å². The number of aliphatic hydroxyl groups is 1. The van der Waals surface area contributed by atoms with Gasteiger partial charge in [-0.05, 0) is 24.6 Å². The molecule has 2 aromatic rings. The number of ether oxygens (including phenoxy) is 3. The van der Waals surface area contributed by atoms with E-state index < -0.39 is 6.10 Å². The quantitative estimate of drug-likeness (QED) is 0.640. The van der Waals surface area contributed by atoms with Gasteiger partial charge in [-0.25, -0.2) is 0 Å². The van der Waals surface area contributed by atoms with E-state index in [9.17, 15) is 5.11 Å². The fourth-order valence-electron chi connectivity index (χ4n) is 2.90. The number of nitrogens with one attached hydrogen (secondary N) is 1. The molecule has 2 N–H and O–H groups in total. The number of aliphatic hydroxyl groups excluding tert-OH is 1. The number of methoxy groups -OCH3 is 2. The molecule has 0 aliphatic heterocycles. The Morgan fingerprint density at radius 1 is 0.962 bits per heavy atom. The standard InChI is InChI=1S/C21H29NO4/c1-4-22(13-17-8-6-5-7-9-17)14-19(23)16-26-15-18-10-11-20(24-2)21(12-18)25-3/h5-12,19,23H,4,13-16H2,1-3H3/p+1/t19-/m1/s1. The van der Waals surface area contributed by atoms with Crippen LogP contribution >= 0.6 is 0 Å². The number of likely N-dealkylation sites (N-methyl/N-ethyl adjacent to an activating group) is 1. The maximum Gasteiger partial charge on any atom is 0.161 e. The van der Waals surface area contributed by atoms with Crippen molar-refractivity contribution in [3.8, 4) is 11.5 Å². The van der Waals surface area contributed by atoms with Gasteiger partial charge < -0.3 is 24.2 Å². The molecule has 0 aliphatic carbocycles. The fraction of sp³-hybridized carbons (Fsp3) is 0.429. The third-order valence-electron chi connectivity index (χ3n) is 4.35. The van der Waals surface area contributed by atoms with Crippen molar-refractivity contribution in [1.29, 1.82) is 0 Å². The average Bonchev–Trinajstić information content (AvgIpc) is 2.68. The molecule has 5 heteroatoms. The van der Waals surface area contributed by atoms with E-state index in [4.69, 9.17) is 14.2 Å². The summed E-state index contributed by atoms with van der Waals surface area (Å²) in [6.07, 6.45) is -0.492. The normalized spacial score (nSPS) is 13.2. The van der Waals surface area contributed by atoms with Gasteiger partial charge in [0.2, 0.25) is 0 Å². The van der Waals surface area contributed by atoms with E-state index in [0.29, 0.717) is 31.3 Å². The van der Waals surface area contributed by atoms with E-state index in [-0.39, 0.29) is 0 Å². The minimum Gasteiger partial charge on any atom is -0.493 e. The van der Waals surface area contributed by atoms with Crippen LogP contribution in [0.4, 0.5) is 0 Å². The number of quaternary nitrogens is 1. The van der Waals surface area contributed by atoms with Crippen molar-refractivity contribution in [3.63, 3.8) is 0 Å². The van der Waals surface area contributed by atoms with Crippen LogP contribution in [0, 0.1) is 0 Å². The highest BCUT2D eigenvalue weighted by Gasteiger charge is 2.14. The summed E-state index contributed by atoms with van der Waals surface area (Å²) in [5.74, 6) is 1.37. The van der Waals surface area contributed by atoms with Gasteiger partial charge >= 0.3 is 0 Å². The van der Waals surface area contributed by atoms with Crippen molar-refractivity contribution in [1.82, 2.24) is 0 Å². The summed E-state index contributed by atoms with van der Waals surface area (Å²) < 4.78 is 16.2. The SMILES string of the molecule is CC[NH+](Cc1ccccc1)C[C@@H](O)COCc1ccc(OC)c(OC)c1. The Balaban J connectivity index is 1.78. The molecule has 0 spiro atoms. The Hall–Kier alpha value is -2.08. The Labute approximate surface area is 156 Å². The molecule has 0 fully saturated rings. The molecule has 0 radical (unpaired) electrons. The number of hydrogen-bond donors (Lipinski definition) is 2. The van der Waals surface area contributed by atoms with Gasteiger partial charge in [0.25, 0.3) is 0 Å². The minimum atomic E-state index is -0.492. The Kier molecular flexibility index (Phi) is 8.41. The lowest BCUT2D eigenvalue weighted by molar-refractivity contribution is -0.915. The highest BCUT2D eigenvalue weighted by atomic mass is 16.5. The Bertz CT molecular complexity index is 648. The van der Waals surface area contributed by atoms with Crippen LogP contribution in [-0.2, 0) is 17.9 Å². The molecule has 2 aromatic carbocycles. The van der Waals surface area contributed by atoms with Crippen LogP contribution in [0.25, 0.3) is 0 Å². The molecular weight excluding hydrogens is 330 g/mol. The summed E-state index contributed by atoms with van der Waals surface area (Å²) in [4.78, 5) is 1.33. The Morgan fingerprint density at radius 3 is 2.35 bits per heavy atom. The molecule has 0 saturated heterocycles. The second kappa shape index (κ2) is 10.8. The zero-order chi connectivity index (χ0) is 18.8. The van der Waals surface area contributed by atoms with Gasteiger partial charge in [-0.2, -0.15) is 0 Å². The first-order valence-electron chi connectivity index (χ1n) is 9.00. The Morgan fingerprint density at radius 2 is 1.69 bits per heavy atom. The molecule has 0 saturated carbocycles. The molecule has 26 heavy (non-hydrogen) atoms. The molecule has 0 heterocycles. The van der Waals surface area contributed by atoms with Gasteiger partial charge in [0.05, 0.1) is 34.0 Å². The third kappa shape index (κ3) is 6.33. The van der Waals surface area contributed by atoms with Crippen LogP contribution in [0.5, 0.6) is 11.5 Å². The largest absolute Gasteiger partial charge is 0.493 e. The summed E-state index contributed by atoms with van der Waals surface area (Å²) in [6.45, 7) is 5.41. The monoisotopic (exact) mass is 360 g/mol. The molecule has 142 valence electrons. The molecular formula is C21H30NO4+. The average molecular weight is 360 g/mol. The third-order valence-corrected chi connectivity index (χ3v) is 4.35. The molecule has 0 bridgehead atoms. The highest BCUT2D eigenvalue weighted by molar-refractivity contribution is 5.42. The lowest BCUT2D eigenvalue weighted by atomic mass is 10.2. The molecule has 0 aromatic heterocycles. The predicted octanol–water partition coefficient (Wildman–Crippen LogP) is 1.69. The van der Waals surface area contributed by atoms with Gasteiger partial charge in [0.1, 0.15) is 19.2 Å². The number of rotatable bonds is 11. The second-order valence-corrected chi connectivity index (χ2v) is 6.33. The van der Waals surface area contributed by atoms with Crippen molar-refractivity contribution in [2.45, 2.75) is 26.2 Å². The van der Waals surface area contributed by atoms with Gasteiger partial charge in [-0.15, -0.1) is 0 Å². The van der Waals surface area contributed by atoms with Gasteiger partial charge in [0, 0.05) is 5.56 Å². The molecule has 1 unspecified atom stereocenters. The predicted molar refractivity (Wildman–Crippen MR) is 102 cm³/mol. The minimum absolute atomic E-state index is 0.312. The molecule has 5 nitrogen and oxygen atoms in total. The van der Waals surface area contributed by atoms with Crippen LogP contribution in [0.15, 0.2) is 48.5 Å². The van der Waals surface area contributed by atoms with Gasteiger partial charge in [0.15, 0.2) is 11.5 Å². The van der Waals surface area contributed by atoms with Crippen molar-refractivity contribution < 1.29 is 24.2 Å². The zero-order valence-corrected chi connectivity index (χ0v) is 15.9. The summed E-state index contributed by atoms with van der Waals surface area (Å²) in [5, 5.41) is 10.3. The summed E-state index contributed by atoms with van der Waals surface area (Å²) in [7, 11) is 3.22. The first kappa shape index (κ1) is 20.2. The highest BCUT2D eigenvalue weighted by Crippen LogP contribution is 2.27. The van der Waals surface area contributed by atoms with Crippen molar-refractivity contribution >= 4 is 0 Å². The van der Waals surface area contributed by atoms with Crippen LogP contribution < -0.4 is 14.4 Å². The first-order chi connectivity index (χ1) is 12.7.